The average Bonchev–Trinajstić information content (AvgIpc) is 2.78. The molecule has 0 aliphatic rings. The van der Waals surface area contributed by atoms with Crippen molar-refractivity contribution < 1.29 is 4.79 Å². The zero-order valence-corrected chi connectivity index (χ0v) is 8.82. The summed E-state index contributed by atoms with van der Waals surface area (Å²) in [6.45, 7) is 0. The number of carbonyl (C=O) groups excluding carboxylic acids is 1. The van der Waals surface area contributed by atoms with Gasteiger partial charge in [-0.15, -0.1) is 0 Å². The van der Waals surface area contributed by atoms with E-state index in [1.807, 2.05) is 18.2 Å². The zero-order valence-electron chi connectivity index (χ0n) is 8.82. The first-order chi connectivity index (χ1) is 8.40. The number of rotatable bonds is 2. The minimum Gasteiger partial charge on any atom is -0.296 e. The lowest BCUT2D eigenvalue weighted by Gasteiger charge is -1.97. The Balaban J connectivity index is 2.38. The quantitative estimate of drug-likeness (QED) is 0.620. The summed E-state index contributed by atoms with van der Waals surface area (Å²) in [5, 5.41) is 4.15. The normalized spacial score (nSPS) is 10.6. The highest BCUT2D eigenvalue weighted by Crippen LogP contribution is 2.23. The van der Waals surface area contributed by atoms with Gasteiger partial charge in [-0.2, -0.15) is 5.10 Å². The average molecular weight is 224 g/mol. The molecule has 5 heteroatoms. The fraction of sp³-hybridized carbons (Fsp3) is 0. The van der Waals surface area contributed by atoms with Crippen LogP contribution in [-0.4, -0.2) is 25.9 Å². The Morgan fingerprint density at radius 3 is 2.76 bits per heavy atom. The van der Waals surface area contributed by atoms with Gasteiger partial charge in [0.2, 0.25) is 0 Å². The molecule has 17 heavy (non-hydrogen) atoms. The van der Waals surface area contributed by atoms with Crippen molar-refractivity contribution in [2.75, 3.05) is 0 Å². The van der Waals surface area contributed by atoms with Gasteiger partial charge < -0.3 is 0 Å². The fourth-order valence-electron chi connectivity index (χ4n) is 1.74. The summed E-state index contributed by atoms with van der Waals surface area (Å²) < 4.78 is 1.58. The van der Waals surface area contributed by atoms with Crippen LogP contribution < -0.4 is 0 Å². The van der Waals surface area contributed by atoms with E-state index in [4.69, 9.17) is 0 Å². The van der Waals surface area contributed by atoms with Gasteiger partial charge in [0.1, 0.15) is 5.69 Å². The molecule has 0 amide bonds. The molecule has 0 aliphatic heterocycles. The molecule has 0 N–H and O–H groups in total. The van der Waals surface area contributed by atoms with Gasteiger partial charge in [0.05, 0.1) is 11.3 Å². The van der Waals surface area contributed by atoms with E-state index in [9.17, 15) is 4.79 Å². The molecule has 0 aromatic carbocycles. The number of nitrogens with zero attached hydrogens (tertiary/aromatic N) is 4. The number of fused-ring (bicyclic) bond motifs is 1. The van der Waals surface area contributed by atoms with Crippen molar-refractivity contribution in [3.05, 3.63) is 48.5 Å². The molecule has 0 bridgehead atoms. The SMILES string of the molecule is O=Cc1nn2cccnc2c1-c1ccccn1. The molecule has 0 radical (unpaired) electrons. The molecule has 0 saturated heterocycles. The standard InChI is InChI=1S/C12H8N4O/c17-8-10-11(9-4-1-2-5-13-9)12-14-6-3-7-16(12)15-10/h1-8H. The van der Waals surface area contributed by atoms with E-state index in [1.165, 1.54) is 0 Å². The molecular weight excluding hydrogens is 216 g/mol. The number of hydrogen-bond acceptors (Lipinski definition) is 4. The highest BCUT2D eigenvalue weighted by Gasteiger charge is 2.15. The smallest absolute Gasteiger partial charge is 0.171 e. The van der Waals surface area contributed by atoms with E-state index in [1.54, 1.807) is 29.2 Å². The Hall–Kier alpha value is -2.56. The summed E-state index contributed by atoms with van der Waals surface area (Å²) >= 11 is 0. The van der Waals surface area contributed by atoms with Crippen molar-refractivity contribution in [1.82, 2.24) is 19.6 Å². The molecule has 3 aromatic heterocycles. The zero-order chi connectivity index (χ0) is 11.7. The van der Waals surface area contributed by atoms with Crippen LogP contribution in [0.3, 0.4) is 0 Å². The molecule has 0 aliphatic carbocycles. The maximum absolute atomic E-state index is 11.0. The number of aldehydes is 1. The van der Waals surface area contributed by atoms with Crippen molar-refractivity contribution in [3.8, 4) is 11.3 Å². The fourth-order valence-corrected chi connectivity index (χ4v) is 1.74. The lowest BCUT2D eigenvalue weighted by Crippen LogP contribution is -1.88. The van der Waals surface area contributed by atoms with Gasteiger partial charge in [0.15, 0.2) is 11.9 Å². The summed E-state index contributed by atoms with van der Waals surface area (Å²) in [7, 11) is 0. The Morgan fingerprint density at radius 2 is 2.00 bits per heavy atom. The number of carbonyl (C=O) groups is 1. The minimum atomic E-state index is 0.349. The number of pyridine rings is 1. The lowest BCUT2D eigenvalue weighted by molar-refractivity contribution is 0.111. The van der Waals surface area contributed by atoms with E-state index in [0.29, 0.717) is 22.6 Å². The second-order valence-corrected chi connectivity index (χ2v) is 3.48. The van der Waals surface area contributed by atoms with Gasteiger partial charge in [-0.25, -0.2) is 9.50 Å². The van der Waals surface area contributed by atoms with Crippen molar-refractivity contribution >= 4 is 11.9 Å². The van der Waals surface area contributed by atoms with E-state index in [2.05, 4.69) is 15.1 Å². The third-order valence-corrected chi connectivity index (χ3v) is 2.46. The van der Waals surface area contributed by atoms with Crippen LogP contribution in [0.4, 0.5) is 0 Å². The first-order valence-corrected chi connectivity index (χ1v) is 5.10. The highest BCUT2D eigenvalue weighted by molar-refractivity contribution is 5.91. The molecule has 0 saturated carbocycles. The monoisotopic (exact) mass is 224 g/mol. The maximum atomic E-state index is 11.0. The van der Waals surface area contributed by atoms with Crippen molar-refractivity contribution in [3.63, 3.8) is 0 Å². The number of hydrogen-bond donors (Lipinski definition) is 0. The highest BCUT2D eigenvalue weighted by atomic mass is 16.1. The predicted octanol–water partition coefficient (Wildman–Crippen LogP) is 1.60. The lowest BCUT2D eigenvalue weighted by atomic mass is 10.1. The van der Waals surface area contributed by atoms with Crippen LogP contribution >= 0.6 is 0 Å². The summed E-state index contributed by atoms with van der Waals surface area (Å²) in [6, 6.07) is 7.28. The third kappa shape index (κ3) is 1.48. The molecule has 0 spiro atoms. The largest absolute Gasteiger partial charge is 0.296 e. The van der Waals surface area contributed by atoms with Crippen molar-refractivity contribution in [2.45, 2.75) is 0 Å². The third-order valence-electron chi connectivity index (χ3n) is 2.46. The summed E-state index contributed by atoms with van der Waals surface area (Å²) in [5.74, 6) is 0. The van der Waals surface area contributed by atoms with Gasteiger partial charge in [-0.3, -0.25) is 9.78 Å². The van der Waals surface area contributed by atoms with E-state index in [0.717, 1.165) is 6.29 Å². The molecule has 0 atom stereocenters. The molecule has 0 unspecified atom stereocenters. The van der Waals surface area contributed by atoms with E-state index < -0.39 is 0 Å². The van der Waals surface area contributed by atoms with Gasteiger partial charge >= 0.3 is 0 Å². The van der Waals surface area contributed by atoms with Gasteiger partial charge in [0.25, 0.3) is 0 Å². The molecule has 3 heterocycles. The maximum Gasteiger partial charge on any atom is 0.171 e. The molecule has 82 valence electrons. The van der Waals surface area contributed by atoms with Gasteiger partial charge in [0, 0.05) is 18.6 Å². The minimum absolute atomic E-state index is 0.349. The molecule has 0 fully saturated rings. The van der Waals surface area contributed by atoms with Crippen molar-refractivity contribution in [2.24, 2.45) is 0 Å². The van der Waals surface area contributed by atoms with Crippen LogP contribution in [-0.2, 0) is 0 Å². The van der Waals surface area contributed by atoms with Crippen molar-refractivity contribution in [1.29, 1.82) is 0 Å². The molecule has 5 nitrogen and oxygen atoms in total. The summed E-state index contributed by atoms with van der Waals surface area (Å²) in [6.07, 6.45) is 5.81. The van der Waals surface area contributed by atoms with Gasteiger partial charge in [-0.05, 0) is 18.2 Å². The van der Waals surface area contributed by atoms with Crippen LogP contribution in [0.2, 0.25) is 0 Å². The Bertz CT molecular complexity index is 675. The predicted molar refractivity (Wildman–Crippen MR) is 61.6 cm³/mol. The van der Waals surface area contributed by atoms with Crippen LogP contribution in [0.15, 0.2) is 42.9 Å². The van der Waals surface area contributed by atoms with E-state index in [-0.39, 0.29) is 0 Å². The second kappa shape index (κ2) is 3.79. The molecule has 3 aromatic rings. The van der Waals surface area contributed by atoms with Crippen LogP contribution in [0.1, 0.15) is 10.5 Å². The molecular formula is C12H8N4O. The van der Waals surface area contributed by atoms with Crippen LogP contribution in [0, 0.1) is 0 Å². The van der Waals surface area contributed by atoms with Gasteiger partial charge in [-0.1, -0.05) is 6.07 Å². The Labute approximate surface area is 96.8 Å². The second-order valence-electron chi connectivity index (χ2n) is 3.48. The summed E-state index contributed by atoms with van der Waals surface area (Å²) in [4.78, 5) is 19.5. The number of aromatic nitrogens is 4. The topological polar surface area (TPSA) is 60.2 Å². The molecule has 3 rings (SSSR count). The van der Waals surface area contributed by atoms with Crippen LogP contribution in [0.5, 0.6) is 0 Å². The van der Waals surface area contributed by atoms with Crippen LogP contribution in [0.25, 0.3) is 16.9 Å². The Morgan fingerprint density at radius 1 is 1.12 bits per heavy atom. The van der Waals surface area contributed by atoms with E-state index >= 15 is 0 Å². The first kappa shape index (κ1) is 9.65. The summed E-state index contributed by atoms with van der Waals surface area (Å²) in [5.41, 5.74) is 2.35. The first-order valence-electron chi connectivity index (χ1n) is 5.10. The Kier molecular flexibility index (Phi) is 2.15.